The van der Waals surface area contributed by atoms with Crippen LogP contribution < -0.4 is 5.32 Å². The molecule has 8 heteroatoms. The van der Waals surface area contributed by atoms with Gasteiger partial charge in [-0.15, -0.1) is 0 Å². The molecule has 1 amide bonds. The zero-order valence-electron chi connectivity index (χ0n) is 16.8. The van der Waals surface area contributed by atoms with E-state index in [1.807, 2.05) is 67.5 Å². The van der Waals surface area contributed by atoms with Crippen molar-refractivity contribution in [2.45, 2.75) is 27.2 Å². The number of carbonyl (C=O) groups is 1. The first kappa shape index (κ1) is 19.1. The van der Waals surface area contributed by atoms with Gasteiger partial charge >= 0.3 is 0 Å². The number of carbonyl (C=O) groups excluding carboxylic acids is 1. The van der Waals surface area contributed by atoms with E-state index in [4.69, 9.17) is 0 Å². The Hall–Kier alpha value is -3.26. The molecule has 7 nitrogen and oxygen atoms in total. The number of aromatic nitrogens is 5. The normalized spacial score (nSPS) is 11.0. The summed E-state index contributed by atoms with van der Waals surface area (Å²) in [5.41, 5.74) is 4.38. The number of anilines is 1. The largest absolute Gasteiger partial charge is 0.333 e. The van der Waals surface area contributed by atoms with E-state index < -0.39 is 0 Å². The van der Waals surface area contributed by atoms with Crippen molar-refractivity contribution < 1.29 is 4.79 Å². The molecule has 1 N–H and O–H groups in total. The zero-order chi connectivity index (χ0) is 20.5. The smallest absolute Gasteiger partial charge is 0.260 e. The van der Waals surface area contributed by atoms with Gasteiger partial charge in [0.05, 0.1) is 33.7 Å². The van der Waals surface area contributed by atoms with Crippen LogP contribution in [0.5, 0.6) is 0 Å². The molecule has 0 spiro atoms. The van der Waals surface area contributed by atoms with Gasteiger partial charge < -0.3 is 4.57 Å². The standard InChI is InChI=1S/C21H22N6OS/c1-5-17-16(12-23-27(17)15-8-6-13(2)7-9-15)20(28)25-21-24-14(3)18(29-21)19-22-10-11-26(19)4/h6-12H,5H2,1-4H3,(H,24,25,28). The van der Waals surface area contributed by atoms with Crippen LogP contribution in [0.25, 0.3) is 16.4 Å². The lowest BCUT2D eigenvalue weighted by molar-refractivity contribution is 0.102. The van der Waals surface area contributed by atoms with Crippen LogP contribution in [0.3, 0.4) is 0 Å². The van der Waals surface area contributed by atoms with Crippen molar-refractivity contribution in [3.63, 3.8) is 0 Å². The van der Waals surface area contributed by atoms with E-state index >= 15 is 0 Å². The fourth-order valence-corrected chi connectivity index (χ4v) is 4.22. The molecule has 3 aromatic heterocycles. The van der Waals surface area contributed by atoms with Gasteiger partial charge in [-0.2, -0.15) is 5.10 Å². The Morgan fingerprint density at radius 1 is 1.21 bits per heavy atom. The SMILES string of the molecule is CCc1c(C(=O)Nc2nc(C)c(-c3nccn3C)s2)cnn1-c1ccc(C)cc1. The number of hydrogen-bond acceptors (Lipinski definition) is 5. The number of rotatable bonds is 5. The third-order valence-corrected chi connectivity index (χ3v) is 5.84. The van der Waals surface area contributed by atoms with Crippen LogP contribution in [-0.4, -0.2) is 30.2 Å². The number of imidazole rings is 1. The van der Waals surface area contributed by atoms with Gasteiger partial charge in [0, 0.05) is 19.4 Å². The number of thiazole rings is 1. The zero-order valence-corrected chi connectivity index (χ0v) is 17.6. The molecule has 0 bridgehead atoms. The summed E-state index contributed by atoms with van der Waals surface area (Å²) in [5, 5.41) is 7.93. The summed E-state index contributed by atoms with van der Waals surface area (Å²) < 4.78 is 3.76. The highest BCUT2D eigenvalue weighted by molar-refractivity contribution is 7.19. The van der Waals surface area contributed by atoms with Gasteiger partial charge in [-0.3, -0.25) is 10.1 Å². The molecule has 4 aromatic rings. The van der Waals surface area contributed by atoms with Crippen molar-refractivity contribution in [2.24, 2.45) is 7.05 Å². The van der Waals surface area contributed by atoms with Crippen LogP contribution in [0.1, 0.15) is 34.2 Å². The Labute approximate surface area is 173 Å². The Kier molecular flexibility index (Phi) is 5.02. The summed E-state index contributed by atoms with van der Waals surface area (Å²) in [5.74, 6) is 0.627. The predicted octanol–water partition coefficient (Wildman–Crippen LogP) is 4.16. The third kappa shape index (κ3) is 3.58. The Morgan fingerprint density at radius 3 is 2.62 bits per heavy atom. The Bertz CT molecular complexity index is 1170. The molecule has 0 saturated carbocycles. The summed E-state index contributed by atoms with van der Waals surface area (Å²) >= 11 is 1.42. The lowest BCUT2D eigenvalue weighted by Crippen LogP contribution is -2.14. The van der Waals surface area contributed by atoms with E-state index in [1.54, 1.807) is 12.4 Å². The van der Waals surface area contributed by atoms with E-state index in [-0.39, 0.29) is 5.91 Å². The first-order valence-electron chi connectivity index (χ1n) is 9.38. The molecule has 0 unspecified atom stereocenters. The number of benzene rings is 1. The molecular formula is C21H22N6OS. The second kappa shape index (κ2) is 7.63. The molecule has 0 aliphatic rings. The molecule has 29 heavy (non-hydrogen) atoms. The first-order chi connectivity index (χ1) is 14.0. The van der Waals surface area contributed by atoms with Crippen LogP contribution >= 0.6 is 11.3 Å². The molecule has 0 aliphatic carbocycles. The molecule has 1 aromatic carbocycles. The molecule has 4 rings (SSSR count). The highest BCUT2D eigenvalue weighted by Gasteiger charge is 2.20. The maximum atomic E-state index is 12.9. The van der Waals surface area contributed by atoms with Gasteiger partial charge in [-0.05, 0) is 32.4 Å². The van der Waals surface area contributed by atoms with E-state index in [9.17, 15) is 4.79 Å². The number of aryl methyl sites for hydroxylation is 3. The van der Waals surface area contributed by atoms with Crippen LogP contribution in [-0.2, 0) is 13.5 Å². The van der Waals surface area contributed by atoms with Crippen molar-refractivity contribution in [3.8, 4) is 16.4 Å². The number of hydrogen-bond donors (Lipinski definition) is 1. The molecule has 0 atom stereocenters. The molecule has 0 fully saturated rings. The molecule has 0 saturated heterocycles. The van der Waals surface area contributed by atoms with Crippen LogP contribution in [0.4, 0.5) is 5.13 Å². The van der Waals surface area contributed by atoms with Crippen LogP contribution in [0, 0.1) is 13.8 Å². The second-order valence-electron chi connectivity index (χ2n) is 6.86. The van der Waals surface area contributed by atoms with Crippen LogP contribution in [0.15, 0.2) is 42.9 Å². The van der Waals surface area contributed by atoms with Crippen molar-refractivity contribution in [3.05, 3.63) is 65.4 Å². The highest BCUT2D eigenvalue weighted by atomic mass is 32.1. The summed E-state index contributed by atoms with van der Waals surface area (Å²) in [6, 6.07) is 8.08. The lowest BCUT2D eigenvalue weighted by Gasteiger charge is -2.08. The van der Waals surface area contributed by atoms with Crippen LogP contribution in [0.2, 0.25) is 0 Å². The maximum absolute atomic E-state index is 12.9. The van der Waals surface area contributed by atoms with Crippen molar-refractivity contribution >= 4 is 22.4 Å². The van der Waals surface area contributed by atoms with Gasteiger partial charge in [-0.1, -0.05) is 36.0 Å². The minimum Gasteiger partial charge on any atom is -0.333 e. The fourth-order valence-electron chi connectivity index (χ4n) is 3.22. The second-order valence-corrected chi connectivity index (χ2v) is 7.85. The van der Waals surface area contributed by atoms with Gasteiger partial charge in [0.25, 0.3) is 5.91 Å². The molecular weight excluding hydrogens is 384 g/mol. The summed E-state index contributed by atoms with van der Waals surface area (Å²) in [6.45, 7) is 5.98. The number of nitrogens with zero attached hydrogens (tertiary/aromatic N) is 5. The van der Waals surface area contributed by atoms with E-state index in [0.717, 1.165) is 27.8 Å². The summed E-state index contributed by atoms with van der Waals surface area (Å²) in [4.78, 5) is 22.8. The maximum Gasteiger partial charge on any atom is 0.260 e. The fraction of sp³-hybridized carbons (Fsp3) is 0.238. The molecule has 3 heterocycles. The minimum atomic E-state index is -0.208. The average Bonchev–Trinajstić information content (AvgIpc) is 3.40. The quantitative estimate of drug-likeness (QED) is 0.540. The van der Waals surface area contributed by atoms with E-state index in [0.29, 0.717) is 17.1 Å². The summed E-state index contributed by atoms with van der Waals surface area (Å²) in [7, 11) is 1.94. The number of nitrogens with one attached hydrogen (secondary N) is 1. The van der Waals surface area contributed by atoms with Crippen molar-refractivity contribution in [2.75, 3.05) is 5.32 Å². The van der Waals surface area contributed by atoms with Gasteiger partial charge in [-0.25, -0.2) is 14.6 Å². The van der Waals surface area contributed by atoms with Crippen molar-refractivity contribution in [1.29, 1.82) is 0 Å². The lowest BCUT2D eigenvalue weighted by atomic mass is 10.2. The molecule has 0 radical (unpaired) electrons. The molecule has 0 aliphatic heterocycles. The van der Waals surface area contributed by atoms with Crippen molar-refractivity contribution in [1.82, 2.24) is 24.3 Å². The van der Waals surface area contributed by atoms with Gasteiger partial charge in [0.1, 0.15) is 0 Å². The Balaban J connectivity index is 1.61. The topological polar surface area (TPSA) is 77.6 Å². The summed E-state index contributed by atoms with van der Waals surface area (Å²) in [6.07, 6.45) is 5.94. The average molecular weight is 407 g/mol. The van der Waals surface area contributed by atoms with Gasteiger partial charge in [0.2, 0.25) is 0 Å². The van der Waals surface area contributed by atoms with E-state index in [1.165, 1.54) is 16.9 Å². The highest BCUT2D eigenvalue weighted by Crippen LogP contribution is 2.31. The monoisotopic (exact) mass is 406 g/mol. The first-order valence-corrected chi connectivity index (χ1v) is 10.2. The van der Waals surface area contributed by atoms with Gasteiger partial charge in [0.15, 0.2) is 11.0 Å². The molecule has 148 valence electrons. The minimum absolute atomic E-state index is 0.208. The predicted molar refractivity (Wildman–Crippen MR) is 115 cm³/mol. The van der Waals surface area contributed by atoms with E-state index in [2.05, 4.69) is 20.4 Å². The number of amides is 1. The Morgan fingerprint density at radius 2 is 1.97 bits per heavy atom. The third-order valence-electron chi connectivity index (χ3n) is 4.77.